The number of hydrogen-bond acceptors (Lipinski definition) is 7. The second-order valence-corrected chi connectivity index (χ2v) is 10.0. The highest BCUT2D eigenvalue weighted by Gasteiger charge is 2.17. The highest BCUT2D eigenvalue weighted by molar-refractivity contribution is 8.01. The van der Waals surface area contributed by atoms with Crippen molar-refractivity contribution >= 4 is 49.8 Å². The third-order valence-electron chi connectivity index (χ3n) is 3.41. The normalized spacial score (nSPS) is 11.3. The highest BCUT2D eigenvalue weighted by Crippen LogP contribution is 2.25. The second-order valence-electron chi connectivity index (χ2n) is 5.63. The fourth-order valence-electron chi connectivity index (χ4n) is 2.20. The number of sulfonamides is 1. The van der Waals surface area contributed by atoms with Gasteiger partial charge in [-0.15, -0.1) is 10.2 Å². The smallest absolute Gasteiger partial charge is 0.232 e. The van der Waals surface area contributed by atoms with Crippen molar-refractivity contribution in [3.8, 4) is 0 Å². The summed E-state index contributed by atoms with van der Waals surface area (Å²) in [4.78, 5) is 12.0. The quantitative estimate of drug-likeness (QED) is 0.501. The first-order valence-corrected chi connectivity index (χ1v) is 11.7. The fraction of sp³-hybridized carbons (Fsp3) is 0.438. The highest BCUT2D eigenvalue weighted by atomic mass is 32.2. The molecule has 0 aliphatic heterocycles. The number of anilines is 2. The van der Waals surface area contributed by atoms with E-state index in [0.717, 1.165) is 15.7 Å². The van der Waals surface area contributed by atoms with E-state index in [4.69, 9.17) is 0 Å². The van der Waals surface area contributed by atoms with E-state index >= 15 is 0 Å². The van der Waals surface area contributed by atoms with E-state index in [1.807, 2.05) is 26.0 Å². The summed E-state index contributed by atoms with van der Waals surface area (Å²) < 4.78 is 26.2. The Hall–Kier alpha value is -1.65. The number of nitrogens with one attached hydrogen (secondary N) is 1. The maximum atomic E-state index is 12.1. The molecule has 1 aromatic heterocycles. The summed E-state index contributed by atoms with van der Waals surface area (Å²) in [5.41, 5.74) is 1.66. The topological polar surface area (TPSA) is 92.3 Å². The van der Waals surface area contributed by atoms with Gasteiger partial charge in [-0.3, -0.25) is 9.10 Å². The largest absolute Gasteiger partial charge is 0.301 e. The van der Waals surface area contributed by atoms with Crippen molar-refractivity contribution in [3.63, 3.8) is 0 Å². The Morgan fingerprint density at radius 3 is 2.58 bits per heavy atom. The summed E-state index contributed by atoms with van der Waals surface area (Å²) in [6.45, 7) is 4.20. The lowest BCUT2D eigenvalue weighted by Gasteiger charge is -2.22. The van der Waals surface area contributed by atoms with Crippen molar-refractivity contribution in [2.75, 3.05) is 28.2 Å². The Morgan fingerprint density at radius 1 is 1.27 bits per heavy atom. The van der Waals surface area contributed by atoms with Crippen LogP contribution in [0.4, 0.5) is 10.8 Å². The molecule has 0 saturated carbocycles. The van der Waals surface area contributed by atoms with Crippen LogP contribution in [0.5, 0.6) is 0 Å². The number of amides is 1. The van der Waals surface area contributed by atoms with Crippen LogP contribution in [0.25, 0.3) is 0 Å². The predicted octanol–water partition coefficient (Wildman–Crippen LogP) is 3.14. The Morgan fingerprint density at radius 2 is 1.96 bits per heavy atom. The molecule has 1 amide bonds. The number of benzene rings is 1. The van der Waals surface area contributed by atoms with Gasteiger partial charge in [-0.2, -0.15) is 0 Å². The molecule has 0 saturated heterocycles. The van der Waals surface area contributed by atoms with Crippen molar-refractivity contribution in [2.45, 2.75) is 31.0 Å². The van der Waals surface area contributed by atoms with Gasteiger partial charge in [-0.1, -0.05) is 47.7 Å². The number of carbonyl (C=O) groups excluding carboxylic acids is 1. The van der Waals surface area contributed by atoms with Crippen LogP contribution in [0, 0.1) is 6.92 Å². The van der Waals surface area contributed by atoms with Gasteiger partial charge >= 0.3 is 0 Å². The molecule has 7 nitrogen and oxygen atoms in total. The van der Waals surface area contributed by atoms with Gasteiger partial charge in [0.25, 0.3) is 0 Å². The molecular weight excluding hydrogens is 392 g/mol. The van der Waals surface area contributed by atoms with Crippen LogP contribution in [0.1, 0.15) is 25.3 Å². The van der Waals surface area contributed by atoms with Crippen LogP contribution in [0.3, 0.4) is 0 Å². The van der Waals surface area contributed by atoms with Gasteiger partial charge in [-0.25, -0.2) is 8.42 Å². The number of rotatable bonds is 9. The zero-order valence-electron chi connectivity index (χ0n) is 14.9. The summed E-state index contributed by atoms with van der Waals surface area (Å²) in [5, 5.41) is 11.1. The SMILES string of the molecule is CCSc1nnc(NC(=O)CCCN(c2ccc(C)cc2)S(C)(=O)=O)s1. The third-order valence-corrected chi connectivity index (χ3v) is 6.46. The number of hydrogen-bond donors (Lipinski definition) is 1. The minimum Gasteiger partial charge on any atom is -0.301 e. The molecule has 0 spiro atoms. The fourth-order valence-corrected chi connectivity index (χ4v) is 4.84. The van der Waals surface area contributed by atoms with E-state index < -0.39 is 10.0 Å². The van der Waals surface area contributed by atoms with Crippen LogP contribution in [0.15, 0.2) is 28.6 Å². The van der Waals surface area contributed by atoms with Crippen molar-refractivity contribution in [2.24, 2.45) is 0 Å². The molecule has 0 aliphatic carbocycles. The molecule has 1 N–H and O–H groups in total. The molecule has 142 valence electrons. The first-order valence-electron chi connectivity index (χ1n) is 8.10. The second kappa shape index (κ2) is 9.33. The van der Waals surface area contributed by atoms with Crippen LogP contribution >= 0.6 is 23.1 Å². The van der Waals surface area contributed by atoms with Crippen molar-refractivity contribution in [3.05, 3.63) is 29.8 Å². The van der Waals surface area contributed by atoms with Gasteiger partial charge < -0.3 is 5.32 Å². The van der Waals surface area contributed by atoms with Gasteiger partial charge in [0.2, 0.25) is 21.1 Å². The number of aryl methyl sites for hydroxylation is 1. The minimum absolute atomic E-state index is 0.202. The van der Waals surface area contributed by atoms with Crippen LogP contribution in [-0.4, -0.2) is 43.1 Å². The van der Waals surface area contributed by atoms with Gasteiger partial charge in [0.15, 0.2) is 4.34 Å². The van der Waals surface area contributed by atoms with Gasteiger partial charge in [0, 0.05) is 13.0 Å². The summed E-state index contributed by atoms with van der Waals surface area (Å²) in [6.07, 6.45) is 1.77. The van der Waals surface area contributed by atoms with Crippen molar-refractivity contribution in [1.82, 2.24) is 10.2 Å². The molecule has 0 unspecified atom stereocenters. The van der Waals surface area contributed by atoms with E-state index in [-0.39, 0.29) is 18.9 Å². The molecule has 2 rings (SSSR count). The number of thioether (sulfide) groups is 1. The maximum Gasteiger partial charge on any atom is 0.232 e. The molecule has 0 bridgehead atoms. The molecule has 10 heteroatoms. The Labute approximate surface area is 162 Å². The van der Waals surface area contributed by atoms with E-state index in [1.54, 1.807) is 23.9 Å². The molecule has 2 aromatic rings. The Kier molecular flexibility index (Phi) is 7.42. The van der Waals surface area contributed by atoms with Gasteiger partial charge in [-0.05, 0) is 31.2 Å². The standard InChI is InChI=1S/C16H22N4O3S3/c1-4-24-16-19-18-15(25-16)17-14(21)6-5-11-20(26(3,22)23)13-9-7-12(2)8-10-13/h7-10H,4-6,11H2,1-3H3,(H,17,18,21). The maximum absolute atomic E-state index is 12.1. The molecule has 0 atom stereocenters. The number of aromatic nitrogens is 2. The lowest BCUT2D eigenvalue weighted by Crippen LogP contribution is -2.31. The first kappa shape index (κ1) is 20.7. The average molecular weight is 415 g/mol. The number of nitrogens with zero attached hydrogens (tertiary/aromatic N) is 3. The van der Waals surface area contributed by atoms with E-state index in [0.29, 0.717) is 17.2 Å². The summed E-state index contributed by atoms with van der Waals surface area (Å²) in [7, 11) is -3.41. The predicted molar refractivity (Wildman–Crippen MR) is 108 cm³/mol. The first-order chi connectivity index (χ1) is 12.3. The zero-order valence-corrected chi connectivity index (χ0v) is 17.4. The third kappa shape index (κ3) is 6.26. The Balaban J connectivity index is 1.90. The van der Waals surface area contributed by atoms with Gasteiger partial charge in [0.1, 0.15) is 0 Å². The molecular formula is C16H22N4O3S3. The van der Waals surface area contributed by atoms with Crippen LogP contribution < -0.4 is 9.62 Å². The van der Waals surface area contributed by atoms with E-state index in [1.165, 1.54) is 21.9 Å². The lowest BCUT2D eigenvalue weighted by molar-refractivity contribution is -0.116. The van der Waals surface area contributed by atoms with E-state index in [9.17, 15) is 13.2 Å². The summed E-state index contributed by atoms with van der Waals surface area (Å²) in [6, 6.07) is 7.26. The van der Waals surface area contributed by atoms with Crippen molar-refractivity contribution in [1.29, 1.82) is 0 Å². The zero-order chi connectivity index (χ0) is 19.2. The van der Waals surface area contributed by atoms with Crippen molar-refractivity contribution < 1.29 is 13.2 Å². The summed E-state index contributed by atoms with van der Waals surface area (Å²) >= 11 is 2.90. The number of carbonyl (C=O) groups is 1. The molecule has 1 aromatic carbocycles. The monoisotopic (exact) mass is 414 g/mol. The molecule has 0 aliphatic rings. The van der Waals surface area contributed by atoms with Gasteiger partial charge in [0.05, 0.1) is 11.9 Å². The molecule has 0 radical (unpaired) electrons. The Bertz CT molecular complexity index is 835. The minimum atomic E-state index is -3.41. The molecule has 0 fully saturated rings. The van der Waals surface area contributed by atoms with Crippen LogP contribution in [0.2, 0.25) is 0 Å². The summed E-state index contributed by atoms with van der Waals surface area (Å²) in [5.74, 6) is 0.690. The average Bonchev–Trinajstić information content (AvgIpc) is 2.99. The lowest BCUT2D eigenvalue weighted by atomic mass is 10.2. The van der Waals surface area contributed by atoms with Crippen LogP contribution in [-0.2, 0) is 14.8 Å². The molecule has 1 heterocycles. The molecule has 26 heavy (non-hydrogen) atoms. The van der Waals surface area contributed by atoms with E-state index in [2.05, 4.69) is 15.5 Å².